The highest BCUT2D eigenvalue weighted by molar-refractivity contribution is 5.45. The van der Waals surface area contributed by atoms with E-state index in [-0.39, 0.29) is 5.69 Å². The maximum atomic E-state index is 13.3. The van der Waals surface area contributed by atoms with Gasteiger partial charge in [0.2, 0.25) is 0 Å². The molecule has 2 aromatic carbocycles. The molecule has 0 saturated heterocycles. The van der Waals surface area contributed by atoms with Crippen LogP contribution in [0.15, 0.2) is 46.6 Å². The summed E-state index contributed by atoms with van der Waals surface area (Å²) in [7, 11) is 1.62. The van der Waals surface area contributed by atoms with Crippen molar-refractivity contribution < 1.29 is 32.8 Å². The molecule has 0 amide bonds. The Morgan fingerprint density at radius 1 is 0.786 bits per heavy atom. The average molecular weight is 396 g/mol. The van der Waals surface area contributed by atoms with Gasteiger partial charge < -0.3 is 24.1 Å². The largest absolute Gasteiger partial charge is 0.503 e. The fourth-order valence-electron chi connectivity index (χ4n) is 2.02. The standard InChI is InChI=1S/C19H22F2N2O5/c1-25-6-7-26-8-9-27-10-11-28-16-4-2-14(3-5-16)22-23-15-12-17(20)19(24)18(21)13-15/h2-5,12-13,24H,6-11H2,1H3/b23-22+. The fourth-order valence-corrected chi connectivity index (χ4v) is 2.02. The van der Waals surface area contributed by atoms with Crippen LogP contribution in [0.1, 0.15) is 0 Å². The maximum absolute atomic E-state index is 13.3. The molecule has 152 valence electrons. The number of phenolic OH excluding ortho intramolecular Hbond substituents is 1. The first-order valence-corrected chi connectivity index (χ1v) is 8.57. The van der Waals surface area contributed by atoms with Crippen molar-refractivity contribution in [2.75, 3.05) is 46.8 Å². The van der Waals surface area contributed by atoms with E-state index in [0.29, 0.717) is 51.1 Å². The second-order valence-electron chi connectivity index (χ2n) is 5.52. The molecule has 2 aromatic rings. The number of ether oxygens (including phenoxy) is 4. The third-order valence-corrected chi connectivity index (χ3v) is 3.42. The average Bonchev–Trinajstić information content (AvgIpc) is 2.70. The van der Waals surface area contributed by atoms with Crippen LogP contribution in [-0.4, -0.2) is 51.9 Å². The SMILES string of the molecule is COCCOCCOCCOc1ccc(/N=N/c2cc(F)c(O)c(F)c2)cc1. The summed E-state index contributed by atoms with van der Waals surface area (Å²) >= 11 is 0. The van der Waals surface area contributed by atoms with E-state index in [4.69, 9.17) is 24.1 Å². The highest BCUT2D eigenvalue weighted by atomic mass is 19.1. The van der Waals surface area contributed by atoms with E-state index in [9.17, 15) is 8.78 Å². The summed E-state index contributed by atoms with van der Waals surface area (Å²) in [5, 5.41) is 16.7. The minimum Gasteiger partial charge on any atom is -0.503 e. The Kier molecular flexibility index (Phi) is 9.26. The maximum Gasteiger partial charge on any atom is 0.187 e. The van der Waals surface area contributed by atoms with Crippen molar-refractivity contribution in [3.05, 3.63) is 48.0 Å². The first kappa shape index (κ1) is 21.7. The van der Waals surface area contributed by atoms with Gasteiger partial charge in [0.1, 0.15) is 12.4 Å². The number of halogens is 2. The molecule has 2 rings (SSSR count). The number of aromatic hydroxyl groups is 1. The lowest BCUT2D eigenvalue weighted by molar-refractivity contribution is 0.0180. The van der Waals surface area contributed by atoms with Gasteiger partial charge in [0.15, 0.2) is 17.4 Å². The molecule has 9 heteroatoms. The van der Waals surface area contributed by atoms with Crippen LogP contribution in [0.5, 0.6) is 11.5 Å². The number of benzene rings is 2. The molecule has 1 N–H and O–H groups in total. The third-order valence-electron chi connectivity index (χ3n) is 3.42. The van der Waals surface area contributed by atoms with Crippen molar-refractivity contribution in [2.45, 2.75) is 0 Å². The molecule has 0 atom stereocenters. The Morgan fingerprint density at radius 2 is 1.32 bits per heavy atom. The molecule has 7 nitrogen and oxygen atoms in total. The second-order valence-corrected chi connectivity index (χ2v) is 5.52. The smallest absolute Gasteiger partial charge is 0.187 e. The number of phenols is 1. The molecule has 28 heavy (non-hydrogen) atoms. The molecule has 0 aliphatic carbocycles. The van der Waals surface area contributed by atoms with E-state index in [1.165, 1.54) is 0 Å². The summed E-state index contributed by atoms with van der Waals surface area (Å²) in [6.07, 6.45) is 0. The second kappa shape index (κ2) is 12.0. The first-order valence-electron chi connectivity index (χ1n) is 8.57. The highest BCUT2D eigenvalue weighted by Gasteiger charge is 2.09. The van der Waals surface area contributed by atoms with Gasteiger partial charge in [-0.15, -0.1) is 0 Å². The van der Waals surface area contributed by atoms with Crippen LogP contribution in [0, 0.1) is 11.6 Å². The van der Waals surface area contributed by atoms with Gasteiger partial charge in [-0.3, -0.25) is 0 Å². The van der Waals surface area contributed by atoms with Crippen molar-refractivity contribution in [3.8, 4) is 11.5 Å². The molecule has 0 heterocycles. The summed E-state index contributed by atoms with van der Waals surface area (Å²) in [5.41, 5.74) is 0.433. The van der Waals surface area contributed by atoms with Gasteiger partial charge in [0.25, 0.3) is 0 Å². The Labute approximate surface area is 161 Å². The molecule has 0 aliphatic rings. The van der Waals surface area contributed by atoms with Gasteiger partial charge in [-0.05, 0) is 24.3 Å². The minimum absolute atomic E-state index is 0.0449. The van der Waals surface area contributed by atoms with Crippen molar-refractivity contribution in [1.82, 2.24) is 0 Å². The molecule has 0 aromatic heterocycles. The summed E-state index contributed by atoms with van der Waals surface area (Å²) in [6, 6.07) is 8.47. The van der Waals surface area contributed by atoms with Gasteiger partial charge in [-0.2, -0.15) is 10.2 Å². The van der Waals surface area contributed by atoms with E-state index in [1.807, 2.05) is 0 Å². The lowest BCUT2D eigenvalue weighted by Crippen LogP contribution is -2.12. The monoisotopic (exact) mass is 396 g/mol. The van der Waals surface area contributed by atoms with E-state index >= 15 is 0 Å². The van der Waals surface area contributed by atoms with E-state index in [0.717, 1.165) is 12.1 Å². The quantitative estimate of drug-likeness (QED) is 0.431. The van der Waals surface area contributed by atoms with Crippen LogP contribution in [0.4, 0.5) is 20.2 Å². The molecule has 0 saturated carbocycles. The number of nitrogens with zero attached hydrogens (tertiary/aromatic N) is 2. The summed E-state index contributed by atoms with van der Waals surface area (Å²) < 4.78 is 47.5. The Balaban J connectivity index is 1.70. The van der Waals surface area contributed by atoms with Crippen LogP contribution in [0.3, 0.4) is 0 Å². The van der Waals surface area contributed by atoms with Crippen molar-refractivity contribution in [2.24, 2.45) is 10.2 Å². The van der Waals surface area contributed by atoms with Crippen LogP contribution in [-0.2, 0) is 14.2 Å². The van der Waals surface area contributed by atoms with E-state index < -0.39 is 17.4 Å². The van der Waals surface area contributed by atoms with Gasteiger partial charge in [-0.25, -0.2) is 8.78 Å². The molecule has 0 aliphatic heterocycles. The first-order chi connectivity index (χ1) is 13.6. The Hall–Kier alpha value is -2.62. The van der Waals surface area contributed by atoms with Crippen LogP contribution in [0.25, 0.3) is 0 Å². The zero-order valence-electron chi connectivity index (χ0n) is 15.4. The van der Waals surface area contributed by atoms with Gasteiger partial charge in [-0.1, -0.05) is 0 Å². The summed E-state index contributed by atoms with van der Waals surface area (Å²) in [5.74, 6) is -2.61. The number of azo groups is 1. The number of methoxy groups -OCH3 is 1. The van der Waals surface area contributed by atoms with Gasteiger partial charge >= 0.3 is 0 Å². The molecule has 0 spiro atoms. The zero-order valence-corrected chi connectivity index (χ0v) is 15.4. The lowest BCUT2D eigenvalue weighted by Gasteiger charge is -2.07. The number of rotatable bonds is 12. The lowest BCUT2D eigenvalue weighted by atomic mass is 10.3. The summed E-state index contributed by atoms with van der Waals surface area (Å²) in [6.45, 7) is 2.87. The Bertz CT molecular complexity index is 733. The van der Waals surface area contributed by atoms with Crippen molar-refractivity contribution >= 4 is 11.4 Å². The van der Waals surface area contributed by atoms with Crippen LogP contribution >= 0.6 is 0 Å². The summed E-state index contributed by atoms with van der Waals surface area (Å²) in [4.78, 5) is 0. The third kappa shape index (κ3) is 7.55. The van der Waals surface area contributed by atoms with E-state index in [2.05, 4.69) is 10.2 Å². The van der Waals surface area contributed by atoms with Gasteiger partial charge in [0.05, 0.1) is 44.4 Å². The molecule has 0 fully saturated rings. The van der Waals surface area contributed by atoms with Crippen LogP contribution < -0.4 is 4.74 Å². The number of hydrogen-bond acceptors (Lipinski definition) is 7. The highest BCUT2D eigenvalue weighted by Crippen LogP contribution is 2.27. The van der Waals surface area contributed by atoms with Crippen LogP contribution in [0.2, 0.25) is 0 Å². The predicted molar refractivity (Wildman–Crippen MR) is 97.6 cm³/mol. The number of hydrogen-bond donors (Lipinski definition) is 1. The molecule has 0 bridgehead atoms. The Morgan fingerprint density at radius 3 is 1.93 bits per heavy atom. The minimum atomic E-state index is -1.10. The van der Waals surface area contributed by atoms with E-state index in [1.54, 1.807) is 31.4 Å². The van der Waals surface area contributed by atoms with Gasteiger partial charge in [0, 0.05) is 19.2 Å². The zero-order chi connectivity index (χ0) is 20.2. The van der Waals surface area contributed by atoms with Crippen molar-refractivity contribution in [1.29, 1.82) is 0 Å². The fraction of sp³-hybridized carbons (Fsp3) is 0.368. The predicted octanol–water partition coefficient (Wildman–Crippen LogP) is 4.14. The molecule has 0 unspecified atom stereocenters. The molecule has 0 radical (unpaired) electrons. The van der Waals surface area contributed by atoms with Crippen molar-refractivity contribution in [3.63, 3.8) is 0 Å². The topological polar surface area (TPSA) is 81.9 Å². The normalized spacial score (nSPS) is 11.2. The molecular weight excluding hydrogens is 374 g/mol. The molecular formula is C19H22F2N2O5.